The number of hydrogen-bond acceptors (Lipinski definition) is 6. The van der Waals surface area contributed by atoms with E-state index in [9.17, 15) is 14.3 Å². The summed E-state index contributed by atoms with van der Waals surface area (Å²) in [4.78, 5) is 26.6. The van der Waals surface area contributed by atoms with Gasteiger partial charge in [-0.3, -0.25) is 0 Å². The standard InChI is InChI=1S/C33H35F3N6O2/c1-19-14-20(2)30(21(3)15-19)31(25-16-23(34)6-8-26(25)35)42(33(43)44)29-10-11-37-32(39-29)38-24-7-9-28(27(36)17-24)41-13-12-40(5)22(4)18-41/h6-11,14-17,22,31H,12-13,18H2,1-5H3,(H,43,44)(H,37,38,39). The Bertz CT molecular complexity index is 1680. The maximum atomic E-state index is 15.3. The molecule has 1 saturated heterocycles. The van der Waals surface area contributed by atoms with Crippen LogP contribution in [0.3, 0.4) is 0 Å². The molecule has 0 aliphatic carbocycles. The maximum absolute atomic E-state index is 15.3. The molecule has 2 heterocycles. The van der Waals surface area contributed by atoms with Gasteiger partial charge in [0.05, 0.1) is 11.7 Å². The average molecular weight is 605 g/mol. The van der Waals surface area contributed by atoms with Gasteiger partial charge in [0.1, 0.15) is 23.3 Å². The van der Waals surface area contributed by atoms with Gasteiger partial charge in [0, 0.05) is 43.1 Å². The van der Waals surface area contributed by atoms with Crippen LogP contribution in [0, 0.1) is 38.2 Å². The van der Waals surface area contributed by atoms with E-state index < -0.39 is 29.6 Å². The van der Waals surface area contributed by atoms with E-state index in [1.165, 1.54) is 18.3 Å². The molecule has 0 saturated carbocycles. The highest BCUT2D eigenvalue weighted by atomic mass is 19.1. The molecule has 5 rings (SSSR count). The Kier molecular flexibility index (Phi) is 8.78. The van der Waals surface area contributed by atoms with Gasteiger partial charge in [-0.25, -0.2) is 27.8 Å². The lowest BCUT2D eigenvalue weighted by molar-refractivity contribution is 0.199. The number of amides is 1. The molecule has 1 aromatic heterocycles. The van der Waals surface area contributed by atoms with Crippen LogP contribution in [0.5, 0.6) is 0 Å². The number of halogens is 3. The minimum atomic E-state index is -1.43. The summed E-state index contributed by atoms with van der Waals surface area (Å²) in [5, 5.41) is 13.4. The molecule has 3 aromatic carbocycles. The minimum Gasteiger partial charge on any atom is -0.465 e. The Morgan fingerprint density at radius 1 is 1.00 bits per heavy atom. The molecule has 8 nitrogen and oxygen atoms in total. The summed E-state index contributed by atoms with van der Waals surface area (Å²) in [6, 6.07) is 11.8. The molecule has 2 unspecified atom stereocenters. The summed E-state index contributed by atoms with van der Waals surface area (Å²) in [6.07, 6.45) is -0.0790. The van der Waals surface area contributed by atoms with E-state index in [2.05, 4.69) is 27.1 Å². The predicted octanol–water partition coefficient (Wildman–Crippen LogP) is 6.98. The normalized spacial score (nSPS) is 16.1. The molecule has 0 bridgehead atoms. The van der Waals surface area contributed by atoms with E-state index in [-0.39, 0.29) is 23.4 Å². The van der Waals surface area contributed by atoms with Crippen molar-refractivity contribution in [2.75, 3.05) is 41.8 Å². The molecule has 230 valence electrons. The van der Waals surface area contributed by atoms with Gasteiger partial charge >= 0.3 is 6.09 Å². The molecule has 1 aliphatic rings. The smallest absolute Gasteiger partial charge is 0.413 e. The van der Waals surface area contributed by atoms with Crippen molar-refractivity contribution in [3.05, 3.63) is 106 Å². The zero-order valence-electron chi connectivity index (χ0n) is 25.3. The number of piperazine rings is 1. The Hall–Kier alpha value is -4.64. The molecule has 11 heteroatoms. The van der Waals surface area contributed by atoms with E-state index >= 15 is 8.78 Å². The van der Waals surface area contributed by atoms with Gasteiger partial charge in [0.25, 0.3) is 0 Å². The van der Waals surface area contributed by atoms with Crippen LogP contribution in [0.1, 0.15) is 40.8 Å². The third-order valence-corrected chi connectivity index (χ3v) is 8.12. The highest BCUT2D eigenvalue weighted by Gasteiger charge is 2.34. The molecule has 1 aliphatic heterocycles. The first-order valence-corrected chi connectivity index (χ1v) is 14.3. The molecular formula is C33H35F3N6O2. The van der Waals surface area contributed by atoms with E-state index in [0.29, 0.717) is 41.2 Å². The van der Waals surface area contributed by atoms with Gasteiger partial charge in [0.2, 0.25) is 5.95 Å². The van der Waals surface area contributed by atoms with Crippen LogP contribution in [0.2, 0.25) is 0 Å². The number of aryl methyl sites for hydroxylation is 3. The molecule has 2 N–H and O–H groups in total. The number of rotatable bonds is 7. The predicted molar refractivity (Wildman–Crippen MR) is 165 cm³/mol. The first kappa shape index (κ1) is 30.8. The number of hydrogen-bond donors (Lipinski definition) is 2. The van der Waals surface area contributed by atoms with Crippen LogP contribution < -0.4 is 15.1 Å². The lowest BCUT2D eigenvalue weighted by Gasteiger charge is -2.39. The second-order valence-electron chi connectivity index (χ2n) is 11.3. The highest BCUT2D eigenvalue weighted by Crippen LogP contribution is 2.38. The topological polar surface area (TPSA) is 84.8 Å². The maximum Gasteiger partial charge on any atom is 0.413 e. The molecule has 44 heavy (non-hydrogen) atoms. The Balaban J connectivity index is 1.52. The number of nitrogens with zero attached hydrogens (tertiary/aromatic N) is 5. The molecule has 0 radical (unpaired) electrons. The van der Waals surface area contributed by atoms with E-state index in [4.69, 9.17) is 0 Å². The molecule has 0 spiro atoms. The minimum absolute atomic E-state index is 0.00457. The third kappa shape index (κ3) is 6.33. The summed E-state index contributed by atoms with van der Waals surface area (Å²) in [5.41, 5.74) is 3.56. The number of likely N-dealkylation sites (N-methyl/N-ethyl adjacent to an activating group) is 1. The van der Waals surface area contributed by atoms with Crippen LogP contribution in [-0.4, -0.2) is 58.8 Å². The summed E-state index contributed by atoms with van der Waals surface area (Å²) in [7, 11) is 2.05. The number of benzene rings is 3. The fraction of sp³-hybridized carbons (Fsp3) is 0.303. The Morgan fingerprint density at radius 2 is 1.73 bits per heavy atom. The Morgan fingerprint density at radius 3 is 2.39 bits per heavy atom. The molecule has 1 fully saturated rings. The molecule has 1 amide bonds. The van der Waals surface area contributed by atoms with Crippen LogP contribution >= 0.6 is 0 Å². The van der Waals surface area contributed by atoms with Crippen LogP contribution in [0.4, 0.5) is 41.1 Å². The van der Waals surface area contributed by atoms with Gasteiger partial charge in [-0.1, -0.05) is 17.7 Å². The molecule has 2 atom stereocenters. The summed E-state index contributed by atoms with van der Waals surface area (Å²) >= 11 is 0. The van der Waals surface area contributed by atoms with Crippen LogP contribution in [0.25, 0.3) is 0 Å². The first-order chi connectivity index (χ1) is 20.9. The fourth-order valence-corrected chi connectivity index (χ4v) is 5.89. The number of nitrogens with one attached hydrogen (secondary N) is 1. The largest absolute Gasteiger partial charge is 0.465 e. The third-order valence-electron chi connectivity index (χ3n) is 8.12. The van der Waals surface area contributed by atoms with E-state index in [1.807, 2.05) is 31.0 Å². The van der Waals surface area contributed by atoms with Crippen molar-refractivity contribution in [1.29, 1.82) is 0 Å². The number of carboxylic acid groups (broad SMARTS) is 1. The van der Waals surface area contributed by atoms with Gasteiger partial charge in [-0.2, -0.15) is 4.98 Å². The van der Waals surface area contributed by atoms with Crippen molar-refractivity contribution in [3.8, 4) is 0 Å². The summed E-state index contributed by atoms with van der Waals surface area (Å²) < 4.78 is 45.0. The van der Waals surface area contributed by atoms with Crippen molar-refractivity contribution >= 4 is 29.2 Å². The SMILES string of the molecule is Cc1cc(C)c(C(c2cc(F)ccc2F)N(C(=O)O)c2ccnc(Nc3ccc(N4CCN(C)C(C)C4)c(F)c3)n2)c(C)c1. The molecular weight excluding hydrogens is 569 g/mol. The van der Waals surface area contributed by atoms with Crippen LogP contribution in [-0.2, 0) is 0 Å². The molecule has 4 aromatic rings. The van der Waals surface area contributed by atoms with Gasteiger partial charge < -0.3 is 20.2 Å². The first-order valence-electron chi connectivity index (χ1n) is 14.3. The quantitative estimate of drug-likeness (QED) is 0.236. The number of anilines is 4. The van der Waals surface area contributed by atoms with Crippen molar-refractivity contribution in [2.45, 2.75) is 39.8 Å². The van der Waals surface area contributed by atoms with Crippen molar-refractivity contribution in [3.63, 3.8) is 0 Å². The van der Waals surface area contributed by atoms with Crippen molar-refractivity contribution in [2.24, 2.45) is 0 Å². The summed E-state index contributed by atoms with van der Waals surface area (Å²) in [5.74, 6) is -1.96. The second-order valence-corrected chi connectivity index (χ2v) is 11.3. The number of aromatic nitrogens is 2. The average Bonchev–Trinajstić information content (AvgIpc) is 2.95. The van der Waals surface area contributed by atoms with Crippen LogP contribution in [0.15, 0.2) is 60.8 Å². The monoisotopic (exact) mass is 604 g/mol. The lowest BCUT2D eigenvalue weighted by atomic mass is 9.88. The zero-order chi connectivity index (χ0) is 31.7. The summed E-state index contributed by atoms with van der Waals surface area (Å²) in [6.45, 7) is 9.82. The highest BCUT2D eigenvalue weighted by molar-refractivity contribution is 5.87. The van der Waals surface area contributed by atoms with Crippen molar-refractivity contribution in [1.82, 2.24) is 14.9 Å². The second kappa shape index (κ2) is 12.5. The lowest BCUT2D eigenvalue weighted by Crippen LogP contribution is -2.50. The van der Waals surface area contributed by atoms with Gasteiger partial charge in [-0.15, -0.1) is 0 Å². The Labute approximate surface area is 254 Å². The van der Waals surface area contributed by atoms with Gasteiger partial charge in [-0.05, 0) is 93.9 Å². The van der Waals surface area contributed by atoms with Gasteiger partial charge in [0.15, 0.2) is 0 Å². The fourth-order valence-electron chi connectivity index (χ4n) is 5.89. The van der Waals surface area contributed by atoms with E-state index in [0.717, 1.165) is 35.2 Å². The van der Waals surface area contributed by atoms with E-state index in [1.54, 1.807) is 26.0 Å². The van der Waals surface area contributed by atoms with Crippen molar-refractivity contribution < 1.29 is 23.1 Å². The number of carbonyl (C=O) groups is 1. The zero-order valence-corrected chi connectivity index (χ0v) is 25.3.